The first kappa shape index (κ1) is 18.0. The summed E-state index contributed by atoms with van der Waals surface area (Å²) in [6.07, 6.45) is 0. The molecule has 0 spiro atoms. The van der Waals surface area contributed by atoms with Gasteiger partial charge in [0, 0.05) is 10.4 Å². The molecule has 0 amide bonds. The summed E-state index contributed by atoms with van der Waals surface area (Å²) in [7, 11) is 0. The maximum atomic E-state index is 13.4. The van der Waals surface area contributed by atoms with Crippen LogP contribution in [-0.2, 0) is 12.0 Å². The number of alkyl halides is 2. The molecule has 0 bridgehead atoms. The fourth-order valence-electron chi connectivity index (χ4n) is 2.95. The molecule has 1 aromatic carbocycles. The van der Waals surface area contributed by atoms with Crippen LogP contribution < -0.4 is 4.90 Å². The molecule has 2 aromatic heterocycles. The second-order valence-electron chi connectivity index (χ2n) is 7.84. The van der Waals surface area contributed by atoms with E-state index in [9.17, 15) is 8.78 Å². The van der Waals surface area contributed by atoms with Gasteiger partial charge in [-0.15, -0.1) is 5.10 Å². The summed E-state index contributed by atoms with van der Waals surface area (Å²) >= 11 is 6.26. The molecule has 0 radical (unpaired) electrons. The van der Waals surface area contributed by atoms with E-state index in [4.69, 9.17) is 11.6 Å². The summed E-state index contributed by atoms with van der Waals surface area (Å²) in [6.45, 7) is 5.56. The van der Waals surface area contributed by atoms with Gasteiger partial charge in [0.05, 0.1) is 19.6 Å². The fourth-order valence-corrected chi connectivity index (χ4v) is 3.15. The van der Waals surface area contributed by atoms with Crippen molar-refractivity contribution in [3.63, 3.8) is 0 Å². The number of hydrogen-bond donors (Lipinski definition) is 0. The highest BCUT2D eigenvalue weighted by atomic mass is 35.5. The SMILES string of the molecule is CC(C)(C)c1nc(N2CC(F)(F)C2)c2nnn(Cc3ccccc3Cl)c2n1. The number of anilines is 1. The van der Waals surface area contributed by atoms with Gasteiger partial charge in [-0.3, -0.25) is 0 Å². The number of benzene rings is 1. The minimum Gasteiger partial charge on any atom is -0.342 e. The smallest absolute Gasteiger partial charge is 0.282 e. The van der Waals surface area contributed by atoms with Crippen molar-refractivity contribution >= 4 is 28.6 Å². The Hall–Kier alpha value is -2.35. The van der Waals surface area contributed by atoms with E-state index in [0.29, 0.717) is 34.4 Å². The number of fused-ring (bicyclic) bond motifs is 1. The monoisotopic (exact) mass is 392 g/mol. The molecule has 4 rings (SSSR count). The Labute approximate surface area is 160 Å². The number of hydrogen-bond acceptors (Lipinski definition) is 5. The predicted molar refractivity (Wildman–Crippen MR) is 99.5 cm³/mol. The normalized spacial score (nSPS) is 16.6. The van der Waals surface area contributed by atoms with Crippen molar-refractivity contribution in [2.24, 2.45) is 0 Å². The van der Waals surface area contributed by atoms with E-state index in [1.165, 1.54) is 4.90 Å². The van der Waals surface area contributed by atoms with Crippen LogP contribution in [0.2, 0.25) is 5.02 Å². The first-order chi connectivity index (χ1) is 12.6. The first-order valence-corrected chi connectivity index (χ1v) is 9.00. The standard InChI is InChI=1S/C18H19ClF2N6/c1-17(2,3)16-22-14(26-9-18(20,21)10-26)13-15(23-16)27(25-24-13)8-11-6-4-5-7-12(11)19/h4-7H,8-10H2,1-3H3. The lowest BCUT2D eigenvalue weighted by molar-refractivity contribution is -0.0265. The van der Waals surface area contributed by atoms with Crippen molar-refractivity contribution in [2.75, 3.05) is 18.0 Å². The molecule has 3 aromatic rings. The van der Waals surface area contributed by atoms with Gasteiger partial charge in [-0.05, 0) is 11.6 Å². The van der Waals surface area contributed by atoms with E-state index in [0.717, 1.165) is 5.56 Å². The minimum absolute atomic E-state index is 0.351. The Morgan fingerprint density at radius 3 is 2.48 bits per heavy atom. The second kappa shape index (κ2) is 6.09. The van der Waals surface area contributed by atoms with Crippen LogP contribution in [0.15, 0.2) is 24.3 Å². The lowest BCUT2D eigenvalue weighted by Gasteiger charge is -2.39. The van der Waals surface area contributed by atoms with Gasteiger partial charge < -0.3 is 4.90 Å². The van der Waals surface area contributed by atoms with Gasteiger partial charge >= 0.3 is 0 Å². The average molecular weight is 393 g/mol. The molecule has 0 N–H and O–H groups in total. The summed E-state index contributed by atoms with van der Waals surface area (Å²) in [4.78, 5) is 10.7. The van der Waals surface area contributed by atoms with Crippen LogP contribution in [0.1, 0.15) is 32.2 Å². The van der Waals surface area contributed by atoms with E-state index in [-0.39, 0.29) is 18.5 Å². The molecule has 6 nitrogen and oxygen atoms in total. The van der Waals surface area contributed by atoms with Gasteiger partial charge in [0.25, 0.3) is 5.92 Å². The van der Waals surface area contributed by atoms with Gasteiger partial charge in [-0.1, -0.05) is 55.8 Å². The van der Waals surface area contributed by atoms with Gasteiger partial charge in [-0.25, -0.2) is 23.4 Å². The molecule has 0 atom stereocenters. The van der Waals surface area contributed by atoms with Crippen LogP contribution in [0.5, 0.6) is 0 Å². The largest absolute Gasteiger partial charge is 0.342 e. The summed E-state index contributed by atoms with van der Waals surface area (Å²) < 4.78 is 28.4. The fraction of sp³-hybridized carbons (Fsp3) is 0.444. The number of aromatic nitrogens is 5. The van der Waals surface area contributed by atoms with Crippen molar-refractivity contribution in [3.05, 3.63) is 40.7 Å². The molecular weight excluding hydrogens is 374 g/mol. The second-order valence-corrected chi connectivity index (χ2v) is 8.25. The van der Waals surface area contributed by atoms with Gasteiger partial charge in [-0.2, -0.15) is 0 Å². The van der Waals surface area contributed by atoms with Crippen LogP contribution in [0.3, 0.4) is 0 Å². The van der Waals surface area contributed by atoms with Crippen LogP contribution in [0.4, 0.5) is 14.6 Å². The lowest BCUT2D eigenvalue weighted by Crippen LogP contribution is -2.56. The highest BCUT2D eigenvalue weighted by Crippen LogP contribution is 2.35. The molecule has 1 aliphatic heterocycles. The molecule has 27 heavy (non-hydrogen) atoms. The van der Waals surface area contributed by atoms with E-state index < -0.39 is 5.92 Å². The molecule has 1 saturated heterocycles. The molecule has 1 fully saturated rings. The number of rotatable bonds is 3. The summed E-state index contributed by atoms with van der Waals surface area (Å²) in [5.74, 6) is -1.74. The van der Waals surface area contributed by atoms with Crippen LogP contribution in [0.25, 0.3) is 11.2 Å². The zero-order valence-corrected chi connectivity index (χ0v) is 16.0. The van der Waals surface area contributed by atoms with Gasteiger partial charge in [0.1, 0.15) is 5.82 Å². The first-order valence-electron chi connectivity index (χ1n) is 8.62. The Morgan fingerprint density at radius 2 is 1.85 bits per heavy atom. The van der Waals surface area contributed by atoms with E-state index >= 15 is 0 Å². The third-order valence-electron chi connectivity index (χ3n) is 4.44. The summed E-state index contributed by atoms with van der Waals surface area (Å²) in [5, 5.41) is 8.98. The van der Waals surface area contributed by atoms with Crippen molar-refractivity contribution in [1.29, 1.82) is 0 Å². The van der Waals surface area contributed by atoms with Crippen molar-refractivity contribution in [1.82, 2.24) is 25.0 Å². The topological polar surface area (TPSA) is 59.7 Å². The molecule has 3 heterocycles. The van der Waals surface area contributed by atoms with E-state index in [1.54, 1.807) is 10.7 Å². The molecule has 1 aliphatic rings. The highest BCUT2D eigenvalue weighted by Gasteiger charge is 2.45. The van der Waals surface area contributed by atoms with Crippen molar-refractivity contribution in [3.8, 4) is 0 Å². The molecule has 0 aliphatic carbocycles. The number of halogens is 3. The minimum atomic E-state index is -2.70. The quantitative estimate of drug-likeness (QED) is 0.680. The van der Waals surface area contributed by atoms with Crippen molar-refractivity contribution < 1.29 is 8.78 Å². The lowest BCUT2D eigenvalue weighted by atomic mass is 9.95. The molecular formula is C18H19ClF2N6. The molecule has 0 saturated carbocycles. The van der Waals surface area contributed by atoms with Crippen LogP contribution in [-0.4, -0.2) is 44.0 Å². The van der Waals surface area contributed by atoms with Crippen LogP contribution >= 0.6 is 11.6 Å². The molecule has 0 unspecified atom stereocenters. The van der Waals surface area contributed by atoms with Crippen molar-refractivity contribution in [2.45, 2.75) is 38.7 Å². The Balaban J connectivity index is 1.82. The maximum absolute atomic E-state index is 13.4. The van der Waals surface area contributed by atoms with Crippen LogP contribution in [0, 0.1) is 0 Å². The predicted octanol–water partition coefficient (Wildman–Crippen LogP) is 3.68. The third kappa shape index (κ3) is 3.34. The maximum Gasteiger partial charge on any atom is 0.282 e. The van der Waals surface area contributed by atoms with Gasteiger partial charge in [0.15, 0.2) is 17.0 Å². The zero-order valence-electron chi connectivity index (χ0n) is 15.2. The Kier molecular flexibility index (Phi) is 4.06. The zero-order chi connectivity index (χ0) is 19.4. The highest BCUT2D eigenvalue weighted by molar-refractivity contribution is 6.31. The average Bonchev–Trinajstić information content (AvgIpc) is 2.96. The Bertz CT molecular complexity index is 1000. The number of nitrogens with zero attached hydrogens (tertiary/aromatic N) is 6. The molecule has 9 heteroatoms. The van der Waals surface area contributed by atoms with E-state index in [2.05, 4.69) is 20.3 Å². The summed E-state index contributed by atoms with van der Waals surface area (Å²) in [5.41, 5.74) is 1.46. The Morgan fingerprint density at radius 1 is 1.15 bits per heavy atom. The molecule has 142 valence electrons. The van der Waals surface area contributed by atoms with Gasteiger partial charge in [0.2, 0.25) is 0 Å². The summed E-state index contributed by atoms with van der Waals surface area (Å²) in [6, 6.07) is 7.45. The van der Waals surface area contributed by atoms with E-state index in [1.807, 2.05) is 39.0 Å². The third-order valence-corrected chi connectivity index (χ3v) is 4.81.